The number of aliphatic hydroxyl groups excluding tert-OH is 2. The van der Waals surface area contributed by atoms with Gasteiger partial charge in [-0.25, -0.2) is 0 Å². The molecule has 0 aliphatic rings. The highest BCUT2D eigenvalue weighted by Crippen LogP contribution is 1.99. The van der Waals surface area contributed by atoms with Crippen LogP contribution in [0.4, 0.5) is 0 Å². The molecule has 14 heavy (non-hydrogen) atoms. The number of hydrogen-bond acceptors (Lipinski definition) is 4. The SMILES string of the molecule is OCCCCn1cc(CCCO)nn1. The number of aliphatic hydroxyl groups is 2. The molecule has 1 rings (SSSR count). The van der Waals surface area contributed by atoms with Crippen molar-refractivity contribution in [2.75, 3.05) is 13.2 Å². The molecule has 0 aliphatic carbocycles. The molecule has 0 saturated carbocycles. The lowest BCUT2D eigenvalue weighted by molar-refractivity contribution is 0.280. The van der Waals surface area contributed by atoms with E-state index in [1.165, 1.54) is 0 Å². The zero-order valence-corrected chi connectivity index (χ0v) is 8.26. The Morgan fingerprint density at radius 1 is 1.14 bits per heavy atom. The third-order valence-electron chi connectivity index (χ3n) is 1.97. The van der Waals surface area contributed by atoms with Gasteiger partial charge in [0.25, 0.3) is 0 Å². The number of rotatable bonds is 7. The standard InChI is InChI=1S/C9H17N3O2/c13-6-2-1-5-12-8-9(10-11-12)4-3-7-14/h8,13-14H,1-7H2. The summed E-state index contributed by atoms with van der Waals surface area (Å²) in [6.07, 6.45) is 5.12. The van der Waals surface area contributed by atoms with Gasteiger partial charge in [-0.2, -0.15) is 0 Å². The first-order valence-corrected chi connectivity index (χ1v) is 4.97. The molecule has 0 atom stereocenters. The first-order valence-electron chi connectivity index (χ1n) is 4.97. The van der Waals surface area contributed by atoms with Crippen molar-refractivity contribution in [2.24, 2.45) is 0 Å². The van der Waals surface area contributed by atoms with Gasteiger partial charge in [-0.15, -0.1) is 5.10 Å². The van der Waals surface area contributed by atoms with Crippen molar-refractivity contribution in [1.82, 2.24) is 15.0 Å². The lowest BCUT2D eigenvalue weighted by atomic mass is 10.2. The van der Waals surface area contributed by atoms with Crippen LogP contribution in [0.2, 0.25) is 0 Å². The van der Waals surface area contributed by atoms with E-state index < -0.39 is 0 Å². The van der Waals surface area contributed by atoms with Crippen LogP contribution in [0.5, 0.6) is 0 Å². The zero-order chi connectivity index (χ0) is 10.2. The lowest BCUT2D eigenvalue weighted by Crippen LogP contribution is -1.99. The second kappa shape index (κ2) is 6.50. The van der Waals surface area contributed by atoms with E-state index >= 15 is 0 Å². The highest BCUT2D eigenvalue weighted by molar-refractivity contribution is 4.91. The topological polar surface area (TPSA) is 71.2 Å². The largest absolute Gasteiger partial charge is 0.396 e. The fraction of sp³-hybridized carbons (Fsp3) is 0.778. The molecule has 0 saturated heterocycles. The van der Waals surface area contributed by atoms with E-state index in [1.54, 1.807) is 4.68 Å². The summed E-state index contributed by atoms with van der Waals surface area (Å²) in [5.74, 6) is 0. The summed E-state index contributed by atoms with van der Waals surface area (Å²) in [5.41, 5.74) is 0.919. The maximum absolute atomic E-state index is 8.62. The Morgan fingerprint density at radius 2 is 1.93 bits per heavy atom. The molecular formula is C9H17N3O2. The lowest BCUT2D eigenvalue weighted by Gasteiger charge is -1.97. The average molecular weight is 199 g/mol. The highest BCUT2D eigenvalue weighted by atomic mass is 16.3. The highest BCUT2D eigenvalue weighted by Gasteiger charge is 1.99. The molecular weight excluding hydrogens is 182 g/mol. The Morgan fingerprint density at radius 3 is 2.64 bits per heavy atom. The van der Waals surface area contributed by atoms with Crippen molar-refractivity contribution in [3.8, 4) is 0 Å². The Labute approximate surface area is 83.4 Å². The normalized spacial score (nSPS) is 10.7. The smallest absolute Gasteiger partial charge is 0.0828 e. The van der Waals surface area contributed by atoms with Crippen LogP contribution in [0.1, 0.15) is 25.0 Å². The van der Waals surface area contributed by atoms with E-state index in [1.807, 2.05) is 6.20 Å². The van der Waals surface area contributed by atoms with Crippen LogP contribution in [0.15, 0.2) is 6.20 Å². The van der Waals surface area contributed by atoms with Crippen molar-refractivity contribution < 1.29 is 10.2 Å². The van der Waals surface area contributed by atoms with E-state index in [0.717, 1.165) is 37.9 Å². The monoisotopic (exact) mass is 199 g/mol. The van der Waals surface area contributed by atoms with Crippen molar-refractivity contribution in [3.63, 3.8) is 0 Å². The first-order chi connectivity index (χ1) is 6.86. The Balaban J connectivity index is 2.27. The minimum Gasteiger partial charge on any atom is -0.396 e. The Bertz CT molecular complexity index is 250. The van der Waals surface area contributed by atoms with E-state index in [2.05, 4.69) is 10.3 Å². The van der Waals surface area contributed by atoms with Crippen LogP contribution < -0.4 is 0 Å². The molecule has 0 bridgehead atoms. The number of unbranched alkanes of at least 4 members (excludes halogenated alkanes) is 1. The van der Waals surface area contributed by atoms with Gasteiger partial charge in [0.1, 0.15) is 0 Å². The summed E-state index contributed by atoms with van der Waals surface area (Å²) in [6, 6.07) is 0. The van der Waals surface area contributed by atoms with Gasteiger partial charge in [0.05, 0.1) is 5.69 Å². The van der Waals surface area contributed by atoms with Gasteiger partial charge < -0.3 is 10.2 Å². The molecule has 2 N–H and O–H groups in total. The van der Waals surface area contributed by atoms with Gasteiger partial charge in [0, 0.05) is 26.0 Å². The van der Waals surface area contributed by atoms with Crippen LogP contribution in [0.25, 0.3) is 0 Å². The van der Waals surface area contributed by atoms with Crippen LogP contribution in [0.3, 0.4) is 0 Å². The number of nitrogens with zero attached hydrogens (tertiary/aromatic N) is 3. The molecule has 5 heteroatoms. The summed E-state index contributed by atoms with van der Waals surface area (Å²) in [4.78, 5) is 0. The van der Waals surface area contributed by atoms with Gasteiger partial charge in [-0.3, -0.25) is 4.68 Å². The predicted molar refractivity (Wildman–Crippen MR) is 51.7 cm³/mol. The van der Waals surface area contributed by atoms with Crippen LogP contribution >= 0.6 is 0 Å². The number of aromatic nitrogens is 3. The molecule has 1 heterocycles. The summed E-state index contributed by atoms with van der Waals surface area (Å²) in [7, 11) is 0. The molecule has 80 valence electrons. The molecule has 0 unspecified atom stereocenters. The van der Waals surface area contributed by atoms with Gasteiger partial charge in [-0.05, 0) is 25.7 Å². The van der Waals surface area contributed by atoms with E-state index in [9.17, 15) is 0 Å². The van der Waals surface area contributed by atoms with Crippen molar-refractivity contribution >= 4 is 0 Å². The molecule has 0 fully saturated rings. The average Bonchev–Trinajstić information content (AvgIpc) is 2.63. The summed E-state index contributed by atoms with van der Waals surface area (Å²) >= 11 is 0. The molecule has 5 nitrogen and oxygen atoms in total. The third-order valence-corrected chi connectivity index (χ3v) is 1.97. The molecule has 0 aromatic carbocycles. The van der Waals surface area contributed by atoms with E-state index in [4.69, 9.17) is 10.2 Å². The van der Waals surface area contributed by atoms with Crippen LogP contribution in [0, 0.1) is 0 Å². The molecule has 1 aromatic heterocycles. The van der Waals surface area contributed by atoms with Gasteiger partial charge in [0.15, 0.2) is 0 Å². The predicted octanol–water partition coefficient (Wildman–Crippen LogP) is -0.0245. The summed E-state index contributed by atoms with van der Waals surface area (Å²) < 4.78 is 1.78. The summed E-state index contributed by atoms with van der Waals surface area (Å²) in [5, 5.41) is 25.1. The van der Waals surface area contributed by atoms with Crippen LogP contribution in [-0.2, 0) is 13.0 Å². The first kappa shape index (κ1) is 11.1. The Kier molecular flexibility index (Phi) is 5.17. The fourth-order valence-electron chi connectivity index (χ4n) is 1.21. The van der Waals surface area contributed by atoms with E-state index in [-0.39, 0.29) is 13.2 Å². The minimum absolute atomic E-state index is 0.192. The molecule has 0 aliphatic heterocycles. The zero-order valence-electron chi connectivity index (χ0n) is 8.26. The maximum Gasteiger partial charge on any atom is 0.0828 e. The van der Waals surface area contributed by atoms with Crippen molar-refractivity contribution in [3.05, 3.63) is 11.9 Å². The minimum atomic E-state index is 0.192. The maximum atomic E-state index is 8.62. The quantitative estimate of drug-likeness (QED) is 0.605. The second-order valence-electron chi connectivity index (χ2n) is 3.23. The van der Waals surface area contributed by atoms with Crippen LogP contribution in [-0.4, -0.2) is 38.4 Å². The number of aryl methyl sites for hydroxylation is 2. The molecule has 0 radical (unpaired) electrons. The van der Waals surface area contributed by atoms with Gasteiger partial charge >= 0.3 is 0 Å². The molecule has 1 aromatic rings. The Hall–Kier alpha value is -0.940. The second-order valence-corrected chi connectivity index (χ2v) is 3.23. The van der Waals surface area contributed by atoms with Crippen molar-refractivity contribution in [2.45, 2.75) is 32.2 Å². The van der Waals surface area contributed by atoms with Gasteiger partial charge in [0.2, 0.25) is 0 Å². The van der Waals surface area contributed by atoms with E-state index in [0.29, 0.717) is 0 Å². The number of hydrogen-bond donors (Lipinski definition) is 2. The summed E-state index contributed by atoms with van der Waals surface area (Å²) in [6.45, 7) is 1.22. The molecule has 0 amide bonds. The van der Waals surface area contributed by atoms with Gasteiger partial charge in [-0.1, -0.05) is 5.21 Å². The molecule has 0 spiro atoms. The third kappa shape index (κ3) is 3.85. The van der Waals surface area contributed by atoms with Crippen molar-refractivity contribution in [1.29, 1.82) is 0 Å². The fourth-order valence-corrected chi connectivity index (χ4v) is 1.21.